The molecule has 0 aromatic rings. The minimum Gasteiger partial charge on any atom is -0.379 e. The molecule has 2 aliphatic heterocycles. The highest BCUT2D eigenvalue weighted by Crippen LogP contribution is 2.15. The molecule has 1 atom stereocenters. The first-order chi connectivity index (χ1) is 6.45. The lowest BCUT2D eigenvalue weighted by atomic mass is 9.99. The zero-order chi connectivity index (χ0) is 8.93. The van der Waals surface area contributed by atoms with E-state index in [1.54, 1.807) is 0 Å². The number of hydrogen-bond donors (Lipinski definition) is 1. The number of ether oxygens (including phenoxy) is 2. The van der Waals surface area contributed by atoms with Crippen molar-refractivity contribution in [2.24, 2.45) is 5.92 Å². The minimum absolute atomic E-state index is 0.384. The highest BCUT2D eigenvalue weighted by atomic mass is 16.5. The smallest absolute Gasteiger partial charge is 0.0830 e. The van der Waals surface area contributed by atoms with E-state index in [-0.39, 0.29) is 0 Å². The topological polar surface area (TPSA) is 30.5 Å². The molecule has 2 aliphatic rings. The summed E-state index contributed by atoms with van der Waals surface area (Å²) in [6, 6.07) is 0. The maximum atomic E-state index is 5.79. The van der Waals surface area contributed by atoms with Gasteiger partial charge in [0.05, 0.1) is 12.7 Å². The van der Waals surface area contributed by atoms with Crippen molar-refractivity contribution in [3.05, 3.63) is 0 Å². The van der Waals surface area contributed by atoms with Crippen LogP contribution in [0.1, 0.15) is 19.3 Å². The molecule has 1 N–H and O–H groups in total. The largest absolute Gasteiger partial charge is 0.379 e. The Balaban J connectivity index is 1.60. The summed E-state index contributed by atoms with van der Waals surface area (Å²) in [4.78, 5) is 0. The van der Waals surface area contributed by atoms with Crippen LogP contribution in [0.2, 0.25) is 0 Å². The van der Waals surface area contributed by atoms with Crippen LogP contribution in [-0.2, 0) is 9.47 Å². The zero-order valence-electron chi connectivity index (χ0n) is 8.13. The van der Waals surface area contributed by atoms with E-state index in [1.165, 1.54) is 12.8 Å². The van der Waals surface area contributed by atoms with E-state index in [2.05, 4.69) is 5.32 Å². The summed E-state index contributed by atoms with van der Waals surface area (Å²) in [5, 5.41) is 3.36. The van der Waals surface area contributed by atoms with Gasteiger partial charge in [-0.1, -0.05) is 0 Å². The summed E-state index contributed by atoms with van der Waals surface area (Å²) in [5.41, 5.74) is 0. The molecule has 0 amide bonds. The fourth-order valence-corrected chi connectivity index (χ4v) is 1.96. The summed E-state index contributed by atoms with van der Waals surface area (Å²) in [7, 11) is 0. The number of hydrogen-bond acceptors (Lipinski definition) is 3. The van der Waals surface area contributed by atoms with E-state index in [1.807, 2.05) is 0 Å². The van der Waals surface area contributed by atoms with E-state index in [0.717, 1.165) is 45.2 Å². The lowest BCUT2D eigenvalue weighted by Crippen LogP contribution is -2.31. The second-order valence-electron chi connectivity index (χ2n) is 4.01. The zero-order valence-corrected chi connectivity index (χ0v) is 8.13. The highest BCUT2D eigenvalue weighted by molar-refractivity contribution is 4.70. The van der Waals surface area contributed by atoms with E-state index in [0.29, 0.717) is 6.10 Å². The molecule has 2 heterocycles. The van der Waals surface area contributed by atoms with Crippen molar-refractivity contribution in [1.29, 1.82) is 0 Å². The van der Waals surface area contributed by atoms with Crippen molar-refractivity contribution in [2.45, 2.75) is 25.4 Å². The Morgan fingerprint density at radius 1 is 1.23 bits per heavy atom. The molecule has 0 radical (unpaired) electrons. The Kier molecular flexibility index (Phi) is 3.58. The fraction of sp³-hybridized carbons (Fsp3) is 1.00. The van der Waals surface area contributed by atoms with Crippen LogP contribution in [0.3, 0.4) is 0 Å². The third-order valence-corrected chi connectivity index (χ3v) is 2.91. The van der Waals surface area contributed by atoms with Gasteiger partial charge in [0, 0.05) is 13.2 Å². The molecule has 0 spiro atoms. The molecule has 2 saturated heterocycles. The van der Waals surface area contributed by atoms with Crippen molar-refractivity contribution < 1.29 is 9.47 Å². The SMILES string of the molecule is C1CC(CO[C@H]2CCOC2)CCN1. The molecule has 3 heteroatoms. The van der Waals surface area contributed by atoms with Gasteiger partial charge in [-0.3, -0.25) is 0 Å². The lowest BCUT2D eigenvalue weighted by molar-refractivity contribution is 0.0162. The van der Waals surface area contributed by atoms with Gasteiger partial charge in [-0.15, -0.1) is 0 Å². The molecule has 0 bridgehead atoms. The van der Waals surface area contributed by atoms with Gasteiger partial charge < -0.3 is 14.8 Å². The average molecular weight is 185 g/mol. The Morgan fingerprint density at radius 3 is 2.77 bits per heavy atom. The molecule has 76 valence electrons. The van der Waals surface area contributed by atoms with Crippen LogP contribution in [0.15, 0.2) is 0 Å². The first-order valence-corrected chi connectivity index (χ1v) is 5.35. The van der Waals surface area contributed by atoms with Gasteiger partial charge in [0.2, 0.25) is 0 Å². The van der Waals surface area contributed by atoms with Gasteiger partial charge in [-0.2, -0.15) is 0 Å². The van der Waals surface area contributed by atoms with Crippen LogP contribution in [0.5, 0.6) is 0 Å². The van der Waals surface area contributed by atoms with E-state index in [4.69, 9.17) is 9.47 Å². The molecular formula is C10H19NO2. The van der Waals surface area contributed by atoms with Crippen molar-refractivity contribution in [3.63, 3.8) is 0 Å². The monoisotopic (exact) mass is 185 g/mol. The maximum absolute atomic E-state index is 5.79. The van der Waals surface area contributed by atoms with Crippen LogP contribution >= 0.6 is 0 Å². The second kappa shape index (κ2) is 4.94. The van der Waals surface area contributed by atoms with Crippen LogP contribution in [-0.4, -0.2) is 39.0 Å². The summed E-state index contributed by atoms with van der Waals surface area (Å²) < 4.78 is 11.0. The van der Waals surface area contributed by atoms with Gasteiger partial charge in [-0.05, 0) is 38.3 Å². The summed E-state index contributed by atoms with van der Waals surface area (Å²) >= 11 is 0. The van der Waals surface area contributed by atoms with Crippen LogP contribution in [0, 0.1) is 5.92 Å². The molecular weight excluding hydrogens is 166 g/mol. The first kappa shape index (κ1) is 9.44. The van der Waals surface area contributed by atoms with E-state index < -0.39 is 0 Å². The minimum atomic E-state index is 0.384. The molecule has 13 heavy (non-hydrogen) atoms. The standard InChI is InChI=1S/C10H19NO2/c1-4-11-5-2-9(1)7-13-10-3-6-12-8-10/h9-11H,1-8H2/t10-/m0/s1. The van der Waals surface area contributed by atoms with Gasteiger partial charge in [-0.25, -0.2) is 0 Å². The van der Waals surface area contributed by atoms with E-state index in [9.17, 15) is 0 Å². The van der Waals surface area contributed by atoms with Gasteiger partial charge in [0.15, 0.2) is 0 Å². The maximum Gasteiger partial charge on any atom is 0.0830 e. The Labute approximate surface area is 79.8 Å². The lowest BCUT2D eigenvalue weighted by Gasteiger charge is -2.23. The first-order valence-electron chi connectivity index (χ1n) is 5.35. The third kappa shape index (κ3) is 2.93. The van der Waals surface area contributed by atoms with Gasteiger partial charge in [0.25, 0.3) is 0 Å². The highest BCUT2D eigenvalue weighted by Gasteiger charge is 2.19. The molecule has 3 nitrogen and oxygen atoms in total. The summed E-state index contributed by atoms with van der Waals surface area (Å²) in [6.45, 7) is 4.96. The van der Waals surface area contributed by atoms with Crippen molar-refractivity contribution in [1.82, 2.24) is 5.32 Å². The molecule has 2 rings (SSSR count). The Hall–Kier alpha value is -0.120. The quantitative estimate of drug-likeness (QED) is 0.705. The number of piperidine rings is 1. The van der Waals surface area contributed by atoms with Gasteiger partial charge in [0.1, 0.15) is 0 Å². The molecule has 0 aromatic heterocycles. The Morgan fingerprint density at radius 2 is 2.08 bits per heavy atom. The summed E-state index contributed by atoms with van der Waals surface area (Å²) in [5.74, 6) is 0.779. The van der Waals surface area contributed by atoms with Crippen LogP contribution in [0.4, 0.5) is 0 Å². The van der Waals surface area contributed by atoms with Crippen LogP contribution in [0.25, 0.3) is 0 Å². The predicted octanol–water partition coefficient (Wildman–Crippen LogP) is 0.791. The third-order valence-electron chi connectivity index (χ3n) is 2.91. The molecule has 0 aromatic carbocycles. The molecule has 0 unspecified atom stereocenters. The normalized spacial score (nSPS) is 30.9. The molecule has 0 aliphatic carbocycles. The average Bonchev–Trinajstić information content (AvgIpc) is 2.69. The molecule has 2 fully saturated rings. The van der Waals surface area contributed by atoms with Crippen molar-refractivity contribution in [2.75, 3.05) is 32.9 Å². The molecule has 0 saturated carbocycles. The van der Waals surface area contributed by atoms with E-state index >= 15 is 0 Å². The van der Waals surface area contributed by atoms with Crippen molar-refractivity contribution >= 4 is 0 Å². The second-order valence-corrected chi connectivity index (χ2v) is 4.01. The predicted molar refractivity (Wildman–Crippen MR) is 50.8 cm³/mol. The van der Waals surface area contributed by atoms with Crippen LogP contribution < -0.4 is 5.32 Å². The van der Waals surface area contributed by atoms with Crippen molar-refractivity contribution in [3.8, 4) is 0 Å². The number of nitrogens with one attached hydrogen (secondary N) is 1. The summed E-state index contributed by atoms with van der Waals surface area (Å²) in [6.07, 6.45) is 4.02. The fourth-order valence-electron chi connectivity index (χ4n) is 1.96. The van der Waals surface area contributed by atoms with Gasteiger partial charge >= 0.3 is 0 Å². The number of rotatable bonds is 3. The Bertz CT molecular complexity index is 140.